The molecule has 0 bridgehead atoms. The number of fused-ring (bicyclic) bond motifs is 1. The van der Waals surface area contributed by atoms with E-state index in [1.54, 1.807) is 6.21 Å². The van der Waals surface area contributed by atoms with Crippen LogP contribution in [0.4, 0.5) is 0 Å². The minimum Gasteiger partial charge on any atom is -0.289 e. The number of nitrogens with zero attached hydrogens (tertiary/aromatic N) is 3. The Balaban J connectivity index is 1.56. The molecule has 2 heterocycles. The van der Waals surface area contributed by atoms with Crippen LogP contribution in [-0.2, 0) is 11.3 Å². The van der Waals surface area contributed by atoms with Crippen LogP contribution in [0.5, 0.6) is 0 Å². The van der Waals surface area contributed by atoms with Crippen molar-refractivity contribution in [3.63, 3.8) is 0 Å². The maximum absolute atomic E-state index is 13.0. The van der Waals surface area contributed by atoms with Gasteiger partial charge in [-0.15, -0.1) is 11.3 Å². The van der Waals surface area contributed by atoms with E-state index in [0.717, 1.165) is 22.3 Å². The standard InChI is InChI=1S/C22H18N4O2S/c1-15-7-9-17(10-8-15)18-13-29-21-20(18)22(28)26(14-23-21)12-19(27)25-24-11-16-5-3-2-4-6-16/h2-11,13-14H,12H2,1H3,(H,25,27)/b24-11-. The van der Waals surface area contributed by atoms with Gasteiger partial charge in [0.05, 0.1) is 17.9 Å². The van der Waals surface area contributed by atoms with Crippen molar-refractivity contribution >= 4 is 33.7 Å². The van der Waals surface area contributed by atoms with Gasteiger partial charge in [0, 0.05) is 10.9 Å². The second-order valence-corrected chi connectivity index (χ2v) is 7.44. The van der Waals surface area contributed by atoms with Crippen molar-refractivity contribution in [2.24, 2.45) is 5.10 Å². The highest BCUT2D eigenvalue weighted by molar-refractivity contribution is 7.17. The molecule has 144 valence electrons. The summed E-state index contributed by atoms with van der Waals surface area (Å²) in [5.41, 5.74) is 6.01. The quantitative estimate of drug-likeness (QED) is 0.409. The minimum atomic E-state index is -0.396. The predicted molar refractivity (Wildman–Crippen MR) is 116 cm³/mol. The van der Waals surface area contributed by atoms with Gasteiger partial charge in [0.25, 0.3) is 11.5 Å². The van der Waals surface area contributed by atoms with Crippen molar-refractivity contribution in [1.82, 2.24) is 15.0 Å². The third kappa shape index (κ3) is 4.14. The van der Waals surface area contributed by atoms with Crippen molar-refractivity contribution in [3.8, 4) is 11.1 Å². The predicted octanol–water partition coefficient (Wildman–Crippen LogP) is 3.58. The van der Waals surface area contributed by atoms with Gasteiger partial charge < -0.3 is 0 Å². The molecule has 0 saturated heterocycles. The van der Waals surface area contributed by atoms with Gasteiger partial charge in [-0.3, -0.25) is 14.2 Å². The molecule has 1 N–H and O–H groups in total. The summed E-state index contributed by atoms with van der Waals surface area (Å²) in [6, 6.07) is 17.4. The Morgan fingerprint density at radius 3 is 2.69 bits per heavy atom. The first kappa shape index (κ1) is 18.8. The monoisotopic (exact) mass is 402 g/mol. The highest BCUT2D eigenvalue weighted by atomic mass is 32.1. The molecule has 2 aromatic heterocycles. The Bertz CT molecular complexity index is 1240. The topological polar surface area (TPSA) is 76.3 Å². The lowest BCUT2D eigenvalue weighted by Gasteiger charge is -2.05. The summed E-state index contributed by atoms with van der Waals surface area (Å²) in [5.74, 6) is -0.396. The molecule has 0 aliphatic heterocycles. The zero-order valence-electron chi connectivity index (χ0n) is 15.7. The summed E-state index contributed by atoms with van der Waals surface area (Å²) in [6.07, 6.45) is 2.96. The van der Waals surface area contributed by atoms with Crippen molar-refractivity contribution in [3.05, 3.63) is 87.8 Å². The lowest BCUT2D eigenvalue weighted by Crippen LogP contribution is -2.30. The highest BCUT2D eigenvalue weighted by Crippen LogP contribution is 2.30. The van der Waals surface area contributed by atoms with Crippen LogP contribution in [-0.4, -0.2) is 21.7 Å². The number of thiophene rings is 1. The Morgan fingerprint density at radius 1 is 1.17 bits per heavy atom. The third-order valence-corrected chi connectivity index (χ3v) is 5.33. The van der Waals surface area contributed by atoms with Crippen LogP contribution in [0.3, 0.4) is 0 Å². The first-order valence-corrected chi connectivity index (χ1v) is 9.90. The van der Waals surface area contributed by atoms with E-state index in [0.29, 0.717) is 10.2 Å². The van der Waals surface area contributed by atoms with Crippen LogP contribution < -0.4 is 11.0 Å². The average molecular weight is 402 g/mol. The zero-order chi connectivity index (χ0) is 20.2. The number of benzene rings is 2. The number of amides is 1. The molecular formula is C22H18N4O2S. The summed E-state index contributed by atoms with van der Waals surface area (Å²) in [4.78, 5) is 30.2. The number of aryl methyl sites for hydroxylation is 1. The molecule has 2 aromatic carbocycles. The van der Waals surface area contributed by atoms with Gasteiger partial charge in [-0.1, -0.05) is 60.2 Å². The number of nitrogens with one attached hydrogen (secondary N) is 1. The molecular weight excluding hydrogens is 384 g/mol. The lowest BCUT2D eigenvalue weighted by atomic mass is 10.1. The van der Waals surface area contributed by atoms with Crippen LogP contribution in [0, 0.1) is 6.92 Å². The van der Waals surface area contributed by atoms with Gasteiger partial charge >= 0.3 is 0 Å². The molecule has 0 radical (unpaired) electrons. The van der Waals surface area contributed by atoms with Crippen LogP contribution in [0.15, 0.2) is 76.2 Å². The van der Waals surface area contributed by atoms with E-state index in [4.69, 9.17) is 0 Å². The first-order chi connectivity index (χ1) is 14.1. The molecule has 0 fully saturated rings. The van der Waals surface area contributed by atoms with E-state index in [1.165, 1.54) is 22.2 Å². The van der Waals surface area contributed by atoms with Gasteiger partial charge in [-0.2, -0.15) is 5.10 Å². The average Bonchev–Trinajstić information content (AvgIpc) is 3.16. The van der Waals surface area contributed by atoms with Crippen molar-refractivity contribution < 1.29 is 4.79 Å². The number of rotatable bonds is 5. The summed E-state index contributed by atoms with van der Waals surface area (Å²) in [6.45, 7) is 1.86. The van der Waals surface area contributed by atoms with Gasteiger partial charge in [0.1, 0.15) is 11.4 Å². The van der Waals surface area contributed by atoms with Gasteiger partial charge in [-0.25, -0.2) is 10.4 Å². The minimum absolute atomic E-state index is 0.156. The molecule has 0 spiro atoms. The van der Waals surface area contributed by atoms with E-state index in [1.807, 2.05) is 66.9 Å². The van der Waals surface area contributed by atoms with Crippen molar-refractivity contribution in [1.29, 1.82) is 0 Å². The Kier molecular flexibility index (Phi) is 5.31. The molecule has 0 aliphatic rings. The van der Waals surface area contributed by atoms with E-state index in [-0.39, 0.29) is 12.1 Å². The first-order valence-electron chi connectivity index (χ1n) is 9.02. The van der Waals surface area contributed by atoms with E-state index < -0.39 is 5.91 Å². The highest BCUT2D eigenvalue weighted by Gasteiger charge is 2.14. The molecule has 1 amide bonds. The summed E-state index contributed by atoms with van der Waals surface area (Å²) in [5, 5.41) is 6.39. The number of carbonyl (C=O) groups is 1. The largest absolute Gasteiger partial charge is 0.289 e. The van der Waals surface area contributed by atoms with E-state index in [9.17, 15) is 9.59 Å². The van der Waals surface area contributed by atoms with Crippen LogP contribution in [0.2, 0.25) is 0 Å². The normalized spacial score (nSPS) is 11.2. The van der Waals surface area contributed by atoms with Gasteiger partial charge in [0.2, 0.25) is 0 Å². The number of hydrogen-bond donors (Lipinski definition) is 1. The summed E-state index contributed by atoms with van der Waals surface area (Å²) < 4.78 is 1.31. The number of hydrogen-bond acceptors (Lipinski definition) is 5. The zero-order valence-corrected chi connectivity index (χ0v) is 16.5. The second-order valence-electron chi connectivity index (χ2n) is 6.58. The smallest absolute Gasteiger partial charge is 0.263 e. The molecule has 7 heteroatoms. The SMILES string of the molecule is Cc1ccc(-c2csc3ncn(CC(=O)N/N=C\c4ccccc4)c(=O)c23)cc1. The molecule has 29 heavy (non-hydrogen) atoms. The van der Waals surface area contributed by atoms with E-state index in [2.05, 4.69) is 15.5 Å². The maximum Gasteiger partial charge on any atom is 0.263 e. The molecule has 4 rings (SSSR count). The molecule has 0 aliphatic carbocycles. The summed E-state index contributed by atoms with van der Waals surface area (Å²) >= 11 is 1.42. The fraction of sp³-hybridized carbons (Fsp3) is 0.0909. The summed E-state index contributed by atoms with van der Waals surface area (Å²) in [7, 11) is 0. The lowest BCUT2D eigenvalue weighted by molar-refractivity contribution is -0.121. The van der Waals surface area contributed by atoms with Crippen LogP contribution in [0.25, 0.3) is 21.3 Å². The number of hydrazone groups is 1. The molecule has 0 saturated carbocycles. The van der Waals surface area contributed by atoms with E-state index >= 15 is 0 Å². The second kappa shape index (κ2) is 8.20. The molecule has 4 aromatic rings. The Morgan fingerprint density at radius 2 is 1.93 bits per heavy atom. The van der Waals surface area contributed by atoms with Gasteiger partial charge in [-0.05, 0) is 18.1 Å². The third-order valence-electron chi connectivity index (χ3n) is 4.44. The van der Waals surface area contributed by atoms with Crippen LogP contribution in [0.1, 0.15) is 11.1 Å². The Hall–Kier alpha value is -3.58. The molecule has 6 nitrogen and oxygen atoms in total. The number of aromatic nitrogens is 2. The van der Waals surface area contributed by atoms with Crippen LogP contribution >= 0.6 is 11.3 Å². The van der Waals surface area contributed by atoms with Crippen molar-refractivity contribution in [2.45, 2.75) is 13.5 Å². The maximum atomic E-state index is 13.0. The van der Waals surface area contributed by atoms with Gasteiger partial charge in [0.15, 0.2) is 0 Å². The molecule has 0 atom stereocenters. The Labute approximate surface area is 171 Å². The molecule has 0 unspecified atom stereocenters. The fourth-order valence-electron chi connectivity index (χ4n) is 2.93. The fourth-order valence-corrected chi connectivity index (χ4v) is 3.84. The number of carbonyl (C=O) groups excluding carboxylic acids is 1. The van der Waals surface area contributed by atoms with Crippen molar-refractivity contribution in [2.75, 3.05) is 0 Å².